The van der Waals surface area contributed by atoms with E-state index < -0.39 is 17.6 Å². The van der Waals surface area contributed by atoms with Crippen LogP contribution in [-0.4, -0.2) is 5.91 Å². The van der Waals surface area contributed by atoms with Crippen LogP contribution in [-0.2, 0) is 12.7 Å². The van der Waals surface area contributed by atoms with Crippen molar-refractivity contribution in [1.82, 2.24) is 5.32 Å². The van der Waals surface area contributed by atoms with E-state index >= 15 is 0 Å². The third-order valence-corrected chi connectivity index (χ3v) is 2.84. The molecule has 1 amide bonds. The van der Waals surface area contributed by atoms with Crippen LogP contribution in [0.25, 0.3) is 0 Å². The third kappa shape index (κ3) is 4.05. The van der Waals surface area contributed by atoms with E-state index in [1.807, 2.05) is 0 Å². The second-order valence-electron chi connectivity index (χ2n) is 4.38. The van der Waals surface area contributed by atoms with E-state index in [1.54, 1.807) is 0 Å². The summed E-state index contributed by atoms with van der Waals surface area (Å²) < 4.78 is 49.9. The molecule has 2 aromatic rings. The van der Waals surface area contributed by atoms with Crippen LogP contribution in [0.2, 0.25) is 0 Å². The summed E-state index contributed by atoms with van der Waals surface area (Å²) in [6, 6.07) is 9.50. The van der Waals surface area contributed by atoms with Gasteiger partial charge in [-0.05, 0) is 42.0 Å². The van der Waals surface area contributed by atoms with E-state index in [-0.39, 0.29) is 17.9 Å². The molecule has 2 nitrogen and oxygen atoms in total. The fourth-order valence-electron chi connectivity index (χ4n) is 1.70. The summed E-state index contributed by atoms with van der Waals surface area (Å²) in [5, 5.41) is 2.55. The quantitative estimate of drug-likeness (QED) is 0.858. The van der Waals surface area contributed by atoms with Crippen LogP contribution in [0.4, 0.5) is 17.6 Å². The summed E-state index contributed by atoms with van der Waals surface area (Å²) in [5.74, 6) is -0.874. The zero-order valence-corrected chi connectivity index (χ0v) is 10.7. The summed E-state index contributed by atoms with van der Waals surface area (Å²) in [5.41, 5.74) is 0.0133. The van der Waals surface area contributed by atoms with Gasteiger partial charge in [0.25, 0.3) is 5.91 Å². The van der Waals surface area contributed by atoms with Gasteiger partial charge in [0.05, 0.1) is 5.56 Å². The van der Waals surface area contributed by atoms with Crippen LogP contribution < -0.4 is 5.32 Å². The Bertz CT molecular complexity index is 618. The number of amides is 1. The predicted octanol–water partition coefficient (Wildman–Crippen LogP) is 3.77. The summed E-state index contributed by atoms with van der Waals surface area (Å²) in [7, 11) is 0. The number of halogens is 4. The lowest BCUT2D eigenvalue weighted by Crippen LogP contribution is -2.22. The Kier molecular flexibility index (Phi) is 4.26. The summed E-state index contributed by atoms with van der Waals surface area (Å²) in [6.07, 6.45) is -4.43. The first-order valence-corrected chi connectivity index (χ1v) is 6.06. The molecule has 6 heteroatoms. The standard InChI is InChI=1S/C15H11F4NO/c16-13-7-1-10(2-8-13)9-20-14(21)11-3-5-12(6-4-11)15(17,18)19/h1-8H,9H2,(H,20,21). The van der Waals surface area contributed by atoms with Gasteiger partial charge in [-0.2, -0.15) is 13.2 Å². The highest BCUT2D eigenvalue weighted by Gasteiger charge is 2.30. The maximum Gasteiger partial charge on any atom is 0.416 e. The predicted molar refractivity (Wildman–Crippen MR) is 69.0 cm³/mol. The molecule has 0 bridgehead atoms. The molecule has 0 saturated heterocycles. The van der Waals surface area contributed by atoms with Crippen molar-refractivity contribution in [3.8, 4) is 0 Å². The Hall–Kier alpha value is -2.37. The van der Waals surface area contributed by atoms with Crippen molar-refractivity contribution in [2.24, 2.45) is 0 Å². The molecule has 0 aliphatic heterocycles. The molecule has 110 valence electrons. The van der Waals surface area contributed by atoms with Crippen molar-refractivity contribution in [3.63, 3.8) is 0 Å². The number of carbonyl (C=O) groups excluding carboxylic acids is 1. The van der Waals surface area contributed by atoms with Crippen molar-refractivity contribution in [3.05, 3.63) is 71.0 Å². The fraction of sp³-hybridized carbons (Fsp3) is 0.133. The molecule has 21 heavy (non-hydrogen) atoms. The topological polar surface area (TPSA) is 29.1 Å². The van der Waals surface area contributed by atoms with Gasteiger partial charge in [0.2, 0.25) is 0 Å². The number of alkyl halides is 3. The summed E-state index contributed by atoms with van der Waals surface area (Å²) >= 11 is 0. The largest absolute Gasteiger partial charge is 0.416 e. The highest BCUT2D eigenvalue weighted by atomic mass is 19.4. The van der Waals surface area contributed by atoms with Crippen molar-refractivity contribution >= 4 is 5.91 Å². The monoisotopic (exact) mass is 297 g/mol. The highest BCUT2D eigenvalue weighted by Crippen LogP contribution is 2.29. The molecule has 0 heterocycles. The van der Waals surface area contributed by atoms with Gasteiger partial charge in [-0.1, -0.05) is 12.1 Å². The van der Waals surface area contributed by atoms with Crippen molar-refractivity contribution in [1.29, 1.82) is 0 Å². The minimum absolute atomic E-state index is 0.130. The number of carbonyl (C=O) groups is 1. The van der Waals surface area contributed by atoms with Crippen LogP contribution in [0.1, 0.15) is 21.5 Å². The maximum atomic E-state index is 12.7. The normalized spacial score (nSPS) is 11.2. The van der Waals surface area contributed by atoms with E-state index in [2.05, 4.69) is 5.32 Å². The number of benzene rings is 2. The minimum Gasteiger partial charge on any atom is -0.348 e. The molecule has 0 radical (unpaired) electrons. The first kappa shape index (κ1) is 15.0. The van der Waals surface area contributed by atoms with Crippen molar-refractivity contribution in [2.75, 3.05) is 0 Å². The highest BCUT2D eigenvalue weighted by molar-refractivity contribution is 5.94. The van der Waals surface area contributed by atoms with Crippen LogP contribution in [0.15, 0.2) is 48.5 Å². The molecule has 0 aliphatic rings. The van der Waals surface area contributed by atoms with Gasteiger partial charge in [-0.3, -0.25) is 4.79 Å². The Morgan fingerprint density at radius 3 is 2.05 bits per heavy atom. The second-order valence-corrected chi connectivity index (χ2v) is 4.38. The van der Waals surface area contributed by atoms with Crippen LogP contribution in [0, 0.1) is 5.82 Å². The molecule has 0 aliphatic carbocycles. The molecular weight excluding hydrogens is 286 g/mol. The SMILES string of the molecule is O=C(NCc1ccc(F)cc1)c1ccc(C(F)(F)F)cc1. The number of nitrogens with one attached hydrogen (secondary N) is 1. The molecule has 0 aromatic heterocycles. The number of hydrogen-bond acceptors (Lipinski definition) is 1. The zero-order chi connectivity index (χ0) is 15.5. The van der Waals surface area contributed by atoms with Crippen LogP contribution in [0.3, 0.4) is 0 Å². The number of rotatable bonds is 3. The van der Waals surface area contributed by atoms with Gasteiger partial charge < -0.3 is 5.32 Å². The molecule has 1 N–H and O–H groups in total. The maximum absolute atomic E-state index is 12.7. The molecule has 2 rings (SSSR count). The average molecular weight is 297 g/mol. The van der Waals surface area contributed by atoms with Crippen molar-refractivity contribution < 1.29 is 22.4 Å². The Morgan fingerprint density at radius 2 is 1.52 bits per heavy atom. The molecule has 0 fully saturated rings. The average Bonchev–Trinajstić information content (AvgIpc) is 2.45. The van der Waals surface area contributed by atoms with Gasteiger partial charge in [-0.25, -0.2) is 4.39 Å². The summed E-state index contributed by atoms with van der Waals surface area (Å²) in [6.45, 7) is 0.167. The Labute approximate surface area is 118 Å². The molecule has 0 unspecified atom stereocenters. The van der Waals surface area contributed by atoms with Crippen LogP contribution in [0.5, 0.6) is 0 Å². The van der Waals surface area contributed by atoms with Gasteiger partial charge in [0.15, 0.2) is 0 Å². The molecule has 2 aromatic carbocycles. The Balaban J connectivity index is 1.99. The third-order valence-electron chi connectivity index (χ3n) is 2.84. The zero-order valence-electron chi connectivity index (χ0n) is 10.7. The van der Waals surface area contributed by atoms with Gasteiger partial charge in [-0.15, -0.1) is 0 Å². The van der Waals surface area contributed by atoms with E-state index in [1.165, 1.54) is 24.3 Å². The number of hydrogen-bond donors (Lipinski definition) is 1. The molecule has 0 saturated carbocycles. The lowest BCUT2D eigenvalue weighted by molar-refractivity contribution is -0.137. The van der Waals surface area contributed by atoms with Gasteiger partial charge in [0, 0.05) is 12.1 Å². The van der Waals surface area contributed by atoms with E-state index in [0.29, 0.717) is 5.56 Å². The summed E-state index contributed by atoms with van der Waals surface area (Å²) in [4.78, 5) is 11.8. The smallest absolute Gasteiger partial charge is 0.348 e. The van der Waals surface area contributed by atoms with E-state index in [4.69, 9.17) is 0 Å². The molecule has 0 atom stereocenters. The van der Waals surface area contributed by atoms with E-state index in [9.17, 15) is 22.4 Å². The van der Waals surface area contributed by atoms with Gasteiger partial charge in [0.1, 0.15) is 5.82 Å². The second kappa shape index (κ2) is 5.95. The molecular formula is C15H11F4NO. The van der Waals surface area contributed by atoms with E-state index in [0.717, 1.165) is 24.3 Å². The molecule has 0 spiro atoms. The minimum atomic E-state index is -4.43. The lowest BCUT2D eigenvalue weighted by Gasteiger charge is -2.08. The lowest BCUT2D eigenvalue weighted by atomic mass is 10.1. The van der Waals surface area contributed by atoms with Crippen molar-refractivity contribution in [2.45, 2.75) is 12.7 Å². The van der Waals surface area contributed by atoms with Crippen LogP contribution >= 0.6 is 0 Å². The first-order chi connectivity index (χ1) is 9.86. The van der Waals surface area contributed by atoms with Gasteiger partial charge >= 0.3 is 6.18 Å². The Morgan fingerprint density at radius 1 is 0.952 bits per heavy atom. The fourth-order valence-corrected chi connectivity index (χ4v) is 1.70. The first-order valence-electron chi connectivity index (χ1n) is 6.06.